The first-order valence-electron chi connectivity index (χ1n) is 7.88. The second-order valence-corrected chi connectivity index (χ2v) is 6.34. The molecule has 1 aliphatic rings. The molecule has 3 aromatic rings. The lowest BCUT2D eigenvalue weighted by Crippen LogP contribution is -2.07. The first kappa shape index (κ1) is 14.0. The monoisotopic (exact) mass is 306 g/mol. The number of carboxylic acid groups (broad SMARTS) is 1. The van der Waals surface area contributed by atoms with Gasteiger partial charge in [0.05, 0.1) is 11.3 Å². The molecule has 0 amide bonds. The molecule has 1 fully saturated rings. The summed E-state index contributed by atoms with van der Waals surface area (Å²) in [4.78, 5) is 16.0. The summed E-state index contributed by atoms with van der Waals surface area (Å²) in [7, 11) is 2.02. The minimum absolute atomic E-state index is 0.336. The highest BCUT2D eigenvalue weighted by molar-refractivity contribution is 5.89. The summed E-state index contributed by atoms with van der Waals surface area (Å²) >= 11 is 0. The molecule has 0 radical (unpaired) electrons. The Labute approximate surface area is 134 Å². The number of hydrogen-bond acceptors (Lipinski definition) is 2. The van der Waals surface area contributed by atoms with Gasteiger partial charge in [0, 0.05) is 31.4 Å². The van der Waals surface area contributed by atoms with Gasteiger partial charge >= 0.3 is 5.97 Å². The number of benzene rings is 1. The number of hydrogen-bond donors (Lipinski definition) is 1. The molecule has 1 saturated carbocycles. The SMILES string of the molecule is Cn1ccc2cc(Cc3ncc(C4CC4)cc3C(=O)O)ccc21. The van der Waals surface area contributed by atoms with Crippen molar-refractivity contribution in [2.75, 3.05) is 0 Å². The van der Waals surface area contributed by atoms with Gasteiger partial charge < -0.3 is 9.67 Å². The van der Waals surface area contributed by atoms with Gasteiger partial charge in [0.15, 0.2) is 0 Å². The molecule has 0 unspecified atom stereocenters. The lowest BCUT2D eigenvalue weighted by atomic mass is 10.0. The summed E-state index contributed by atoms with van der Waals surface area (Å²) in [6, 6.07) is 10.1. The van der Waals surface area contributed by atoms with E-state index in [0.29, 0.717) is 23.6 Å². The van der Waals surface area contributed by atoms with E-state index in [4.69, 9.17) is 0 Å². The minimum atomic E-state index is -0.893. The molecule has 0 saturated heterocycles. The van der Waals surface area contributed by atoms with Crippen molar-refractivity contribution in [3.05, 3.63) is 65.1 Å². The molecule has 0 bridgehead atoms. The number of aromatic carboxylic acids is 1. The molecule has 0 atom stereocenters. The largest absolute Gasteiger partial charge is 0.478 e. The van der Waals surface area contributed by atoms with Crippen LogP contribution in [0.3, 0.4) is 0 Å². The smallest absolute Gasteiger partial charge is 0.337 e. The number of aryl methyl sites for hydroxylation is 1. The van der Waals surface area contributed by atoms with Crippen molar-refractivity contribution in [3.8, 4) is 0 Å². The van der Waals surface area contributed by atoms with Gasteiger partial charge in [0.2, 0.25) is 0 Å². The van der Waals surface area contributed by atoms with Crippen LogP contribution in [-0.4, -0.2) is 20.6 Å². The number of pyridine rings is 1. The lowest BCUT2D eigenvalue weighted by molar-refractivity contribution is 0.0695. The van der Waals surface area contributed by atoms with Crippen LogP contribution in [0.1, 0.15) is 45.9 Å². The highest BCUT2D eigenvalue weighted by atomic mass is 16.4. The zero-order valence-corrected chi connectivity index (χ0v) is 13.0. The van der Waals surface area contributed by atoms with Crippen LogP contribution < -0.4 is 0 Å². The quantitative estimate of drug-likeness (QED) is 0.799. The van der Waals surface area contributed by atoms with Gasteiger partial charge in [-0.05, 0) is 59.5 Å². The molecule has 0 spiro atoms. The molecule has 23 heavy (non-hydrogen) atoms. The lowest BCUT2D eigenvalue weighted by Gasteiger charge is -2.08. The summed E-state index contributed by atoms with van der Waals surface area (Å²) in [5, 5.41) is 10.7. The van der Waals surface area contributed by atoms with E-state index in [1.807, 2.05) is 31.6 Å². The first-order valence-corrected chi connectivity index (χ1v) is 7.88. The van der Waals surface area contributed by atoms with Crippen molar-refractivity contribution >= 4 is 16.9 Å². The Morgan fingerprint density at radius 3 is 2.87 bits per heavy atom. The fourth-order valence-electron chi connectivity index (χ4n) is 3.11. The Morgan fingerprint density at radius 2 is 2.13 bits per heavy atom. The van der Waals surface area contributed by atoms with Crippen LogP contribution in [0, 0.1) is 0 Å². The van der Waals surface area contributed by atoms with Crippen molar-refractivity contribution in [2.45, 2.75) is 25.2 Å². The van der Waals surface area contributed by atoms with E-state index in [2.05, 4.69) is 27.8 Å². The van der Waals surface area contributed by atoms with E-state index in [9.17, 15) is 9.90 Å². The molecular formula is C19H18N2O2. The van der Waals surface area contributed by atoms with Gasteiger partial charge in [0.1, 0.15) is 0 Å². The van der Waals surface area contributed by atoms with Crippen LogP contribution in [0.15, 0.2) is 42.7 Å². The molecule has 1 N–H and O–H groups in total. The number of rotatable bonds is 4. The van der Waals surface area contributed by atoms with Crippen molar-refractivity contribution in [2.24, 2.45) is 7.05 Å². The van der Waals surface area contributed by atoms with Crippen LogP contribution in [0.4, 0.5) is 0 Å². The van der Waals surface area contributed by atoms with Gasteiger partial charge in [-0.15, -0.1) is 0 Å². The van der Waals surface area contributed by atoms with Gasteiger partial charge in [-0.25, -0.2) is 4.79 Å². The van der Waals surface area contributed by atoms with E-state index in [1.54, 1.807) is 0 Å². The van der Waals surface area contributed by atoms with Crippen molar-refractivity contribution < 1.29 is 9.90 Å². The van der Waals surface area contributed by atoms with Crippen LogP contribution >= 0.6 is 0 Å². The summed E-state index contributed by atoms with van der Waals surface area (Å²) in [6.45, 7) is 0. The second kappa shape index (κ2) is 5.23. The van der Waals surface area contributed by atoms with Crippen molar-refractivity contribution in [3.63, 3.8) is 0 Å². The van der Waals surface area contributed by atoms with Gasteiger partial charge in [-0.3, -0.25) is 4.98 Å². The van der Waals surface area contributed by atoms with Crippen molar-refractivity contribution in [1.29, 1.82) is 0 Å². The maximum Gasteiger partial charge on any atom is 0.337 e. The standard InChI is InChI=1S/C19H18N2O2/c1-21-7-6-14-8-12(2-5-18(14)21)9-17-16(19(22)23)10-15(11-20-17)13-3-4-13/h2,5-8,10-11,13H,3-4,9H2,1H3,(H,22,23). The molecule has 2 aromatic heterocycles. The van der Waals surface area contributed by atoms with E-state index in [0.717, 1.165) is 29.4 Å². The Bertz CT molecular complexity index is 907. The summed E-state index contributed by atoms with van der Waals surface area (Å²) in [6.07, 6.45) is 6.70. The number of aromatic nitrogens is 2. The third kappa shape index (κ3) is 2.61. The Balaban J connectivity index is 1.69. The Morgan fingerprint density at radius 1 is 1.30 bits per heavy atom. The van der Waals surface area contributed by atoms with Gasteiger partial charge in [-0.2, -0.15) is 0 Å². The van der Waals surface area contributed by atoms with E-state index in [-0.39, 0.29) is 0 Å². The molecule has 4 nitrogen and oxygen atoms in total. The number of carboxylic acids is 1. The molecule has 2 heterocycles. The Kier molecular flexibility index (Phi) is 3.18. The second-order valence-electron chi connectivity index (χ2n) is 6.34. The molecule has 0 aliphatic heterocycles. The van der Waals surface area contributed by atoms with Crippen molar-refractivity contribution in [1.82, 2.24) is 9.55 Å². The average Bonchev–Trinajstić information content (AvgIpc) is 3.32. The average molecular weight is 306 g/mol. The molecular weight excluding hydrogens is 288 g/mol. The molecule has 116 valence electrons. The van der Waals surface area contributed by atoms with Crippen LogP contribution in [0.2, 0.25) is 0 Å². The first-order chi connectivity index (χ1) is 11.1. The normalized spacial score (nSPS) is 14.3. The Hall–Kier alpha value is -2.62. The van der Waals surface area contributed by atoms with Gasteiger partial charge in [0.25, 0.3) is 0 Å². The highest BCUT2D eigenvalue weighted by Crippen LogP contribution is 2.40. The number of carbonyl (C=O) groups is 1. The predicted molar refractivity (Wildman–Crippen MR) is 88.9 cm³/mol. The van der Waals surface area contributed by atoms with Crippen LogP contribution in [0.25, 0.3) is 10.9 Å². The van der Waals surface area contributed by atoms with E-state index < -0.39 is 5.97 Å². The summed E-state index contributed by atoms with van der Waals surface area (Å²) < 4.78 is 2.07. The van der Waals surface area contributed by atoms with Crippen LogP contribution in [-0.2, 0) is 13.5 Å². The topological polar surface area (TPSA) is 55.1 Å². The highest BCUT2D eigenvalue weighted by Gasteiger charge is 2.25. The predicted octanol–water partition coefficient (Wildman–Crippen LogP) is 3.74. The van der Waals surface area contributed by atoms with Gasteiger partial charge in [-0.1, -0.05) is 6.07 Å². The maximum absolute atomic E-state index is 11.6. The minimum Gasteiger partial charge on any atom is -0.478 e. The van der Waals surface area contributed by atoms with E-state index >= 15 is 0 Å². The summed E-state index contributed by atoms with van der Waals surface area (Å²) in [5.41, 5.74) is 4.28. The van der Waals surface area contributed by atoms with Crippen LogP contribution in [0.5, 0.6) is 0 Å². The molecule has 1 aliphatic carbocycles. The zero-order chi connectivity index (χ0) is 16.0. The third-order valence-electron chi connectivity index (χ3n) is 4.59. The molecule has 4 heteroatoms. The molecule has 1 aromatic carbocycles. The zero-order valence-electron chi connectivity index (χ0n) is 13.0. The molecule has 4 rings (SSSR count). The van der Waals surface area contributed by atoms with E-state index in [1.165, 1.54) is 5.52 Å². The maximum atomic E-state index is 11.6. The third-order valence-corrected chi connectivity index (χ3v) is 4.59. The number of fused-ring (bicyclic) bond motifs is 1. The number of nitrogens with zero attached hydrogens (tertiary/aromatic N) is 2. The summed E-state index contributed by atoms with van der Waals surface area (Å²) in [5.74, 6) is -0.383. The fraction of sp³-hybridized carbons (Fsp3) is 0.263. The fourth-order valence-corrected chi connectivity index (χ4v) is 3.11.